The Bertz CT molecular complexity index is 1110. The smallest absolute Gasteiger partial charge is 0.337 e. The third-order valence-corrected chi connectivity index (χ3v) is 4.90. The molecule has 168 valence electrons. The van der Waals surface area contributed by atoms with Crippen molar-refractivity contribution in [2.24, 2.45) is 0 Å². The highest BCUT2D eigenvalue weighted by Crippen LogP contribution is 2.36. The molecule has 2 aromatic carbocycles. The number of aromatic nitrogens is 1. The van der Waals surface area contributed by atoms with Gasteiger partial charge in [0.05, 0.1) is 16.7 Å². The van der Waals surface area contributed by atoms with Gasteiger partial charge in [-0.2, -0.15) is 26.3 Å². The lowest BCUT2D eigenvalue weighted by atomic mass is 9.97. The second-order valence-electron chi connectivity index (χ2n) is 7.31. The molecule has 32 heavy (non-hydrogen) atoms. The molecule has 3 aromatic rings. The van der Waals surface area contributed by atoms with Crippen molar-refractivity contribution in [3.05, 3.63) is 88.7 Å². The molecule has 0 aliphatic rings. The molecule has 0 saturated carbocycles. The van der Waals surface area contributed by atoms with E-state index >= 15 is 0 Å². The lowest BCUT2D eigenvalue weighted by molar-refractivity contribution is -0.143. The Morgan fingerprint density at radius 3 is 2.06 bits per heavy atom. The highest BCUT2D eigenvalue weighted by molar-refractivity contribution is 6.00. The number of carbonyl (C=O) groups excluding carboxylic acids is 1. The van der Waals surface area contributed by atoms with Gasteiger partial charge in [0, 0.05) is 26.0 Å². The highest BCUT2D eigenvalue weighted by Gasteiger charge is 2.37. The summed E-state index contributed by atoms with van der Waals surface area (Å²) < 4.78 is 78.7. The highest BCUT2D eigenvalue weighted by atomic mass is 19.4. The van der Waals surface area contributed by atoms with Gasteiger partial charge < -0.3 is 4.90 Å². The second kappa shape index (κ2) is 8.64. The van der Waals surface area contributed by atoms with E-state index in [9.17, 15) is 31.1 Å². The number of rotatable bonds is 4. The Morgan fingerprint density at radius 1 is 0.906 bits per heavy atom. The van der Waals surface area contributed by atoms with Crippen LogP contribution in [0.2, 0.25) is 0 Å². The van der Waals surface area contributed by atoms with Crippen LogP contribution in [-0.4, -0.2) is 22.8 Å². The van der Waals surface area contributed by atoms with Gasteiger partial charge in [-0.15, -0.1) is 0 Å². The van der Waals surface area contributed by atoms with Gasteiger partial charge in [-0.05, 0) is 53.4 Å². The van der Waals surface area contributed by atoms with Crippen LogP contribution in [0.5, 0.6) is 0 Å². The number of nitrogens with zero attached hydrogens (tertiary/aromatic N) is 2. The van der Waals surface area contributed by atoms with Gasteiger partial charge in [0.1, 0.15) is 0 Å². The SMILES string of the molecule is Cc1ccccc1-c1ccncc1C(=O)N(C)Cc1cc(C(F)(F)F)cc(C(F)(F)F)c1. The molecule has 0 unspecified atom stereocenters. The first-order chi connectivity index (χ1) is 14.9. The first kappa shape index (κ1) is 23.3. The Balaban J connectivity index is 1.96. The first-order valence-electron chi connectivity index (χ1n) is 9.42. The molecular formula is C23H18F6N2O. The van der Waals surface area contributed by atoms with Gasteiger partial charge >= 0.3 is 12.4 Å². The Morgan fingerprint density at radius 2 is 1.50 bits per heavy atom. The molecule has 1 heterocycles. The Labute approximate surface area is 180 Å². The molecule has 3 rings (SSSR count). The molecule has 0 aliphatic carbocycles. The van der Waals surface area contributed by atoms with Crippen molar-refractivity contribution >= 4 is 5.91 Å². The van der Waals surface area contributed by atoms with Crippen molar-refractivity contribution in [3.63, 3.8) is 0 Å². The quantitative estimate of drug-likeness (QED) is 0.431. The molecule has 0 bridgehead atoms. The molecule has 1 aromatic heterocycles. The van der Waals surface area contributed by atoms with Crippen LogP contribution in [0.3, 0.4) is 0 Å². The predicted molar refractivity (Wildman–Crippen MR) is 107 cm³/mol. The minimum atomic E-state index is -4.96. The normalized spacial score (nSPS) is 12.0. The summed E-state index contributed by atoms with van der Waals surface area (Å²) in [6, 6.07) is 10.2. The van der Waals surface area contributed by atoms with Crippen molar-refractivity contribution in [2.75, 3.05) is 7.05 Å². The number of amides is 1. The maximum atomic E-state index is 13.1. The minimum absolute atomic E-state index is 0.0583. The number of halogens is 6. The number of benzene rings is 2. The summed E-state index contributed by atoms with van der Waals surface area (Å²) in [6.45, 7) is 1.41. The minimum Gasteiger partial charge on any atom is -0.337 e. The lowest BCUT2D eigenvalue weighted by Gasteiger charge is -2.21. The Hall–Kier alpha value is -3.36. The summed E-state index contributed by atoms with van der Waals surface area (Å²) in [5.41, 5.74) is -0.727. The number of carbonyl (C=O) groups is 1. The fourth-order valence-corrected chi connectivity index (χ4v) is 3.34. The first-order valence-corrected chi connectivity index (χ1v) is 9.42. The molecule has 0 atom stereocenters. The number of aryl methyl sites for hydroxylation is 1. The third kappa shape index (κ3) is 5.09. The summed E-state index contributed by atoms with van der Waals surface area (Å²) in [4.78, 5) is 18.1. The van der Waals surface area contributed by atoms with Gasteiger partial charge in [0.2, 0.25) is 0 Å². The average molecular weight is 452 g/mol. The molecule has 0 radical (unpaired) electrons. The second-order valence-corrected chi connectivity index (χ2v) is 7.31. The van der Waals surface area contributed by atoms with Crippen LogP contribution >= 0.6 is 0 Å². The van der Waals surface area contributed by atoms with E-state index in [4.69, 9.17) is 0 Å². The van der Waals surface area contributed by atoms with E-state index < -0.39 is 35.9 Å². The van der Waals surface area contributed by atoms with Crippen LogP contribution in [0.1, 0.15) is 32.6 Å². The van der Waals surface area contributed by atoms with Crippen molar-refractivity contribution < 1.29 is 31.1 Å². The molecule has 0 N–H and O–H groups in total. The zero-order valence-electron chi connectivity index (χ0n) is 17.1. The van der Waals surface area contributed by atoms with E-state index in [1.54, 1.807) is 12.1 Å². The fraction of sp³-hybridized carbons (Fsp3) is 0.217. The van der Waals surface area contributed by atoms with Crippen LogP contribution in [0.4, 0.5) is 26.3 Å². The molecule has 0 aliphatic heterocycles. The zero-order valence-corrected chi connectivity index (χ0v) is 17.1. The van der Waals surface area contributed by atoms with Crippen molar-refractivity contribution in [1.82, 2.24) is 9.88 Å². The van der Waals surface area contributed by atoms with Gasteiger partial charge in [0.25, 0.3) is 5.91 Å². The fourth-order valence-electron chi connectivity index (χ4n) is 3.34. The van der Waals surface area contributed by atoms with E-state index in [-0.39, 0.29) is 17.2 Å². The number of alkyl halides is 6. The van der Waals surface area contributed by atoms with E-state index in [2.05, 4.69) is 4.98 Å². The molecule has 0 spiro atoms. The van der Waals surface area contributed by atoms with E-state index in [1.807, 2.05) is 25.1 Å². The average Bonchev–Trinajstić information content (AvgIpc) is 2.72. The van der Waals surface area contributed by atoms with E-state index in [0.717, 1.165) is 16.0 Å². The number of hydrogen-bond acceptors (Lipinski definition) is 2. The standard InChI is InChI=1S/C23H18F6N2O/c1-14-5-3-4-6-18(14)19-7-8-30-12-20(19)21(32)31(2)13-15-9-16(22(24,25)26)11-17(10-15)23(27,28)29/h3-12H,13H2,1-2H3. The summed E-state index contributed by atoms with van der Waals surface area (Å²) in [5.74, 6) is -0.581. The predicted octanol–water partition coefficient (Wildman–Crippen LogP) is 6.37. The maximum absolute atomic E-state index is 13.1. The molecule has 1 amide bonds. The molecular weight excluding hydrogens is 434 g/mol. The third-order valence-electron chi connectivity index (χ3n) is 4.90. The van der Waals surface area contributed by atoms with Crippen LogP contribution in [0.25, 0.3) is 11.1 Å². The van der Waals surface area contributed by atoms with Gasteiger partial charge in [-0.3, -0.25) is 9.78 Å². The van der Waals surface area contributed by atoms with E-state index in [0.29, 0.717) is 17.7 Å². The van der Waals surface area contributed by atoms with Crippen molar-refractivity contribution in [3.8, 4) is 11.1 Å². The van der Waals surface area contributed by atoms with E-state index in [1.165, 1.54) is 19.4 Å². The zero-order chi connectivity index (χ0) is 23.7. The van der Waals surface area contributed by atoms with Gasteiger partial charge in [0.15, 0.2) is 0 Å². The van der Waals surface area contributed by atoms with Crippen LogP contribution in [0.15, 0.2) is 60.9 Å². The van der Waals surface area contributed by atoms with Crippen LogP contribution < -0.4 is 0 Å². The number of hydrogen-bond donors (Lipinski definition) is 0. The summed E-state index contributed by atoms with van der Waals surface area (Å²) in [7, 11) is 1.31. The summed E-state index contributed by atoms with van der Waals surface area (Å²) in [5, 5.41) is 0. The van der Waals surface area contributed by atoms with Gasteiger partial charge in [-0.25, -0.2) is 0 Å². The molecule has 9 heteroatoms. The van der Waals surface area contributed by atoms with Crippen LogP contribution in [0, 0.1) is 6.92 Å². The van der Waals surface area contributed by atoms with Gasteiger partial charge in [-0.1, -0.05) is 24.3 Å². The maximum Gasteiger partial charge on any atom is 0.416 e. The monoisotopic (exact) mass is 452 g/mol. The molecule has 0 fully saturated rings. The largest absolute Gasteiger partial charge is 0.416 e. The lowest BCUT2D eigenvalue weighted by Crippen LogP contribution is -2.27. The Kier molecular flexibility index (Phi) is 6.29. The topological polar surface area (TPSA) is 33.2 Å². The van der Waals surface area contributed by atoms with Crippen molar-refractivity contribution in [2.45, 2.75) is 25.8 Å². The van der Waals surface area contributed by atoms with Crippen LogP contribution in [-0.2, 0) is 18.9 Å². The summed E-state index contributed by atoms with van der Waals surface area (Å²) >= 11 is 0. The molecule has 0 saturated heterocycles. The van der Waals surface area contributed by atoms with Crippen molar-refractivity contribution in [1.29, 1.82) is 0 Å². The number of pyridine rings is 1. The molecule has 3 nitrogen and oxygen atoms in total. The summed E-state index contributed by atoms with van der Waals surface area (Å²) in [6.07, 6.45) is -7.09.